The smallest absolute Gasteiger partial charge is 0.239 e. The molecule has 6 nitrogen and oxygen atoms in total. The Labute approximate surface area is 117 Å². The number of nitrogen functional groups attached to an aromatic ring is 1. The molecule has 3 rings (SSSR count). The molecule has 0 spiro atoms. The number of nitrogens with one attached hydrogen (secondary N) is 2. The van der Waals surface area contributed by atoms with E-state index < -0.39 is 0 Å². The van der Waals surface area contributed by atoms with Crippen LogP contribution in [0.1, 0.15) is 13.3 Å². The lowest BCUT2D eigenvalue weighted by Crippen LogP contribution is -2.27. The van der Waals surface area contributed by atoms with E-state index in [9.17, 15) is 0 Å². The molecule has 0 amide bonds. The number of rotatable bonds is 4. The first-order valence-corrected chi connectivity index (χ1v) is 6.85. The number of ether oxygens (including phenoxy) is 1. The molecule has 1 aliphatic rings. The molecule has 20 heavy (non-hydrogen) atoms. The van der Waals surface area contributed by atoms with Gasteiger partial charge in [0, 0.05) is 24.0 Å². The second kappa shape index (κ2) is 5.60. The van der Waals surface area contributed by atoms with Crippen LogP contribution in [-0.2, 0) is 4.74 Å². The van der Waals surface area contributed by atoms with Gasteiger partial charge in [-0.25, -0.2) is 10.8 Å². The van der Waals surface area contributed by atoms with Crippen molar-refractivity contribution in [3.8, 4) is 0 Å². The third-order valence-corrected chi connectivity index (χ3v) is 3.77. The first-order chi connectivity index (χ1) is 9.78. The Bertz CT molecular complexity index is 597. The summed E-state index contributed by atoms with van der Waals surface area (Å²) >= 11 is 0. The van der Waals surface area contributed by atoms with E-state index in [1.807, 2.05) is 24.3 Å². The van der Waals surface area contributed by atoms with Gasteiger partial charge in [-0.15, -0.1) is 0 Å². The second-order valence-corrected chi connectivity index (χ2v) is 5.11. The van der Waals surface area contributed by atoms with Gasteiger partial charge in [-0.05, 0) is 25.5 Å². The first-order valence-electron chi connectivity index (χ1n) is 6.85. The summed E-state index contributed by atoms with van der Waals surface area (Å²) in [5.74, 6) is 7.18. The maximum Gasteiger partial charge on any atom is 0.239 e. The highest BCUT2D eigenvalue weighted by Gasteiger charge is 2.23. The number of anilines is 2. The van der Waals surface area contributed by atoms with E-state index >= 15 is 0 Å². The van der Waals surface area contributed by atoms with E-state index in [1.165, 1.54) is 0 Å². The molecule has 1 aromatic carbocycles. The van der Waals surface area contributed by atoms with Gasteiger partial charge >= 0.3 is 0 Å². The van der Waals surface area contributed by atoms with Crippen molar-refractivity contribution in [1.29, 1.82) is 0 Å². The predicted molar refractivity (Wildman–Crippen MR) is 79.4 cm³/mol. The minimum absolute atomic E-state index is 0.293. The van der Waals surface area contributed by atoms with Crippen LogP contribution in [-0.4, -0.2) is 29.2 Å². The number of fused-ring (bicyclic) bond motifs is 1. The SMILES string of the molecule is CC(Nc1nc(NN)nc2ccccc12)C1CCOC1. The maximum absolute atomic E-state index is 5.44. The number of aromatic nitrogens is 2. The van der Waals surface area contributed by atoms with E-state index in [1.54, 1.807) is 0 Å². The molecule has 2 heterocycles. The third kappa shape index (κ3) is 2.52. The van der Waals surface area contributed by atoms with E-state index in [-0.39, 0.29) is 0 Å². The topological polar surface area (TPSA) is 85.1 Å². The summed E-state index contributed by atoms with van der Waals surface area (Å²) in [6.07, 6.45) is 1.08. The minimum Gasteiger partial charge on any atom is -0.381 e. The summed E-state index contributed by atoms with van der Waals surface area (Å²) in [7, 11) is 0. The minimum atomic E-state index is 0.293. The van der Waals surface area contributed by atoms with Crippen LogP contribution in [0.3, 0.4) is 0 Å². The molecule has 0 bridgehead atoms. The first kappa shape index (κ1) is 13.1. The zero-order valence-corrected chi connectivity index (χ0v) is 11.5. The van der Waals surface area contributed by atoms with Crippen LogP contribution in [0.15, 0.2) is 24.3 Å². The summed E-state index contributed by atoms with van der Waals surface area (Å²) in [6.45, 7) is 3.81. The van der Waals surface area contributed by atoms with Crippen LogP contribution >= 0.6 is 0 Å². The highest BCUT2D eigenvalue weighted by Crippen LogP contribution is 2.25. The van der Waals surface area contributed by atoms with Crippen molar-refractivity contribution in [2.75, 3.05) is 24.0 Å². The zero-order chi connectivity index (χ0) is 13.9. The van der Waals surface area contributed by atoms with E-state index in [0.717, 1.165) is 36.4 Å². The molecule has 0 saturated carbocycles. The lowest BCUT2D eigenvalue weighted by Gasteiger charge is -2.21. The van der Waals surface area contributed by atoms with Crippen LogP contribution in [0, 0.1) is 5.92 Å². The molecular formula is C14H19N5O. The van der Waals surface area contributed by atoms with E-state index in [0.29, 0.717) is 17.9 Å². The van der Waals surface area contributed by atoms with Gasteiger partial charge in [0.1, 0.15) is 5.82 Å². The number of nitrogens with zero attached hydrogens (tertiary/aromatic N) is 2. The Kier molecular flexibility index (Phi) is 3.66. The quantitative estimate of drug-likeness (QED) is 0.581. The normalized spacial score (nSPS) is 20.0. The highest BCUT2D eigenvalue weighted by molar-refractivity contribution is 5.90. The monoisotopic (exact) mass is 273 g/mol. The lowest BCUT2D eigenvalue weighted by atomic mass is 10.0. The highest BCUT2D eigenvalue weighted by atomic mass is 16.5. The average Bonchev–Trinajstić information content (AvgIpc) is 3.01. The van der Waals surface area contributed by atoms with Gasteiger partial charge in [-0.3, -0.25) is 5.43 Å². The largest absolute Gasteiger partial charge is 0.381 e. The predicted octanol–water partition coefficient (Wildman–Crippen LogP) is 1.75. The molecular weight excluding hydrogens is 254 g/mol. The van der Waals surface area contributed by atoms with E-state index in [4.69, 9.17) is 10.6 Å². The number of benzene rings is 1. The molecule has 6 heteroatoms. The van der Waals surface area contributed by atoms with Crippen LogP contribution in [0.5, 0.6) is 0 Å². The van der Waals surface area contributed by atoms with Crippen LogP contribution < -0.4 is 16.6 Å². The van der Waals surface area contributed by atoms with Crippen molar-refractivity contribution in [2.45, 2.75) is 19.4 Å². The van der Waals surface area contributed by atoms with Gasteiger partial charge in [0.2, 0.25) is 5.95 Å². The molecule has 0 aliphatic carbocycles. The van der Waals surface area contributed by atoms with Crippen LogP contribution in [0.25, 0.3) is 10.9 Å². The molecule has 106 valence electrons. The number of hydrazine groups is 1. The van der Waals surface area contributed by atoms with Crippen molar-refractivity contribution in [2.24, 2.45) is 11.8 Å². The summed E-state index contributed by atoms with van der Waals surface area (Å²) < 4.78 is 5.44. The Morgan fingerprint density at radius 1 is 1.35 bits per heavy atom. The Balaban J connectivity index is 1.92. The summed E-state index contributed by atoms with van der Waals surface area (Å²) in [6, 6.07) is 8.19. The third-order valence-electron chi connectivity index (χ3n) is 3.77. The average molecular weight is 273 g/mol. The lowest BCUT2D eigenvalue weighted by molar-refractivity contribution is 0.183. The Morgan fingerprint density at radius 2 is 2.20 bits per heavy atom. The standard InChI is InChI=1S/C14H19N5O/c1-9(10-6-7-20-8-10)16-13-11-4-2-3-5-12(11)17-14(18-13)19-15/h2-5,9-10H,6-8,15H2,1H3,(H2,16,17,18,19). The van der Waals surface area contributed by atoms with Gasteiger partial charge in [-0.2, -0.15) is 4.98 Å². The fraction of sp³-hybridized carbons (Fsp3) is 0.429. The van der Waals surface area contributed by atoms with Crippen molar-refractivity contribution >= 4 is 22.7 Å². The summed E-state index contributed by atoms with van der Waals surface area (Å²) in [4.78, 5) is 8.78. The van der Waals surface area contributed by atoms with Gasteiger partial charge in [0.25, 0.3) is 0 Å². The van der Waals surface area contributed by atoms with Gasteiger partial charge in [0.05, 0.1) is 12.1 Å². The fourth-order valence-electron chi connectivity index (χ4n) is 2.53. The number of hydrogen-bond acceptors (Lipinski definition) is 6. The molecule has 1 aromatic heterocycles. The molecule has 4 N–H and O–H groups in total. The van der Waals surface area contributed by atoms with Gasteiger partial charge < -0.3 is 10.1 Å². The number of nitrogens with two attached hydrogens (primary N) is 1. The fourth-order valence-corrected chi connectivity index (χ4v) is 2.53. The number of para-hydroxylation sites is 1. The van der Waals surface area contributed by atoms with Crippen molar-refractivity contribution < 1.29 is 4.74 Å². The van der Waals surface area contributed by atoms with Crippen molar-refractivity contribution in [1.82, 2.24) is 9.97 Å². The van der Waals surface area contributed by atoms with E-state index in [2.05, 4.69) is 27.6 Å². The molecule has 1 fully saturated rings. The van der Waals surface area contributed by atoms with Gasteiger partial charge in [-0.1, -0.05) is 12.1 Å². The molecule has 2 aromatic rings. The van der Waals surface area contributed by atoms with Crippen LogP contribution in [0.4, 0.5) is 11.8 Å². The summed E-state index contributed by atoms with van der Waals surface area (Å²) in [5.41, 5.74) is 3.38. The van der Waals surface area contributed by atoms with Gasteiger partial charge in [0.15, 0.2) is 0 Å². The molecule has 2 unspecified atom stereocenters. The van der Waals surface area contributed by atoms with Crippen molar-refractivity contribution in [3.05, 3.63) is 24.3 Å². The second-order valence-electron chi connectivity index (χ2n) is 5.11. The zero-order valence-electron chi connectivity index (χ0n) is 11.5. The molecule has 2 atom stereocenters. The number of hydrogen-bond donors (Lipinski definition) is 3. The Hall–Kier alpha value is -1.92. The maximum atomic E-state index is 5.44. The Morgan fingerprint density at radius 3 is 2.95 bits per heavy atom. The molecule has 1 saturated heterocycles. The van der Waals surface area contributed by atoms with Crippen molar-refractivity contribution in [3.63, 3.8) is 0 Å². The summed E-state index contributed by atoms with van der Waals surface area (Å²) in [5, 5.41) is 4.47. The van der Waals surface area contributed by atoms with Crippen LogP contribution in [0.2, 0.25) is 0 Å². The molecule has 0 radical (unpaired) electrons. The molecule has 1 aliphatic heterocycles.